The first-order chi connectivity index (χ1) is 11.6. The van der Waals surface area contributed by atoms with Crippen LogP contribution in [0, 0.1) is 5.92 Å². The van der Waals surface area contributed by atoms with E-state index >= 15 is 0 Å². The van der Waals surface area contributed by atoms with Crippen molar-refractivity contribution < 1.29 is 4.79 Å². The number of amides is 1. The summed E-state index contributed by atoms with van der Waals surface area (Å²) in [5.74, 6) is 0.312. The fourth-order valence-electron chi connectivity index (χ4n) is 2.49. The van der Waals surface area contributed by atoms with Crippen molar-refractivity contribution in [3.8, 4) is 11.3 Å². The molecule has 24 heavy (non-hydrogen) atoms. The maximum absolute atomic E-state index is 12.8. The summed E-state index contributed by atoms with van der Waals surface area (Å²) >= 11 is 0. The zero-order chi connectivity index (χ0) is 17.1. The fourth-order valence-corrected chi connectivity index (χ4v) is 2.49. The molecule has 2 aromatic heterocycles. The smallest absolute Gasteiger partial charge is 0.252 e. The number of carbonyl (C=O) groups excluding carboxylic acids is 1. The van der Waals surface area contributed by atoms with Crippen molar-refractivity contribution >= 4 is 16.8 Å². The molecule has 1 aromatic carbocycles. The van der Waals surface area contributed by atoms with E-state index in [0.29, 0.717) is 11.5 Å². The van der Waals surface area contributed by atoms with Crippen molar-refractivity contribution in [1.82, 2.24) is 15.3 Å². The highest BCUT2D eigenvalue weighted by Gasteiger charge is 2.17. The number of hydrogen-bond donors (Lipinski definition) is 1. The van der Waals surface area contributed by atoms with Gasteiger partial charge in [-0.1, -0.05) is 32.0 Å². The predicted octanol–water partition coefficient (Wildman–Crippen LogP) is 4.07. The molecule has 1 atom stereocenters. The normalized spacial score (nSPS) is 12.3. The number of nitrogens with one attached hydrogen (secondary N) is 1. The maximum atomic E-state index is 12.8. The van der Waals surface area contributed by atoms with E-state index in [2.05, 4.69) is 24.1 Å². The molecule has 2 heterocycles. The monoisotopic (exact) mass is 319 g/mol. The quantitative estimate of drug-likeness (QED) is 0.788. The van der Waals surface area contributed by atoms with E-state index in [9.17, 15) is 4.79 Å². The van der Waals surface area contributed by atoms with E-state index in [1.807, 2.05) is 49.4 Å². The van der Waals surface area contributed by atoms with Crippen LogP contribution in [0.4, 0.5) is 0 Å². The standard InChI is InChI=1S/C20H21N3O/c1-13(2)14(3)22-20(24)17-12-19(15-8-10-21-11-9-15)23-18-7-5-4-6-16(17)18/h4-14H,1-3H3,(H,22,24). The van der Waals surface area contributed by atoms with Crippen LogP contribution in [0.3, 0.4) is 0 Å². The minimum absolute atomic E-state index is 0.0647. The van der Waals surface area contributed by atoms with Crippen molar-refractivity contribution in [3.63, 3.8) is 0 Å². The molecule has 0 spiro atoms. The Morgan fingerprint density at radius 2 is 1.75 bits per heavy atom. The van der Waals surface area contributed by atoms with Crippen LogP contribution in [-0.4, -0.2) is 21.9 Å². The van der Waals surface area contributed by atoms with Crippen molar-refractivity contribution in [3.05, 3.63) is 60.4 Å². The lowest BCUT2D eigenvalue weighted by atomic mass is 10.0. The molecule has 3 rings (SSSR count). The second-order valence-electron chi connectivity index (χ2n) is 6.31. The number of hydrogen-bond acceptors (Lipinski definition) is 3. The lowest BCUT2D eigenvalue weighted by Gasteiger charge is -2.18. The first kappa shape index (κ1) is 16.1. The van der Waals surface area contributed by atoms with Crippen molar-refractivity contribution in [2.45, 2.75) is 26.8 Å². The van der Waals surface area contributed by atoms with Crippen molar-refractivity contribution in [2.75, 3.05) is 0 Å². The van der Waals surface area contributed by atoms with Crippen molar-refractivity contribution in [2.24, 2.45) is 5.92 Å². The van der Waals surface area contributed by atoms with Crippen LogP contribution >= 0.6 is 0 Å². The molecule has 0 bridgehead atoms. The topological polar surface area (TPSA) is 54.9 Å². The Labute approximate surface area is 142 Å². The molecule has 0 aliphatic carbocycles. The van der Waals surface area contributed by atoms with E-state index in [1.54, 1.807) is 12.4 Å². The summed E-state index contributed by atoms with van der Waals surface area (Å²) in [6.45, 7) is 6.21. The molecule has 0 aliphatic heterocycles. The zero-order valence-corrected chi connectivity index (χ0v) is 14.2. The van der Waals surface area contributed by atoms with Gasteiger partial charge in [-0.25, -0.2) is 4.98 Å². The minimum Gasteiger partial charge on any atom is -0.349 e. The van der Waals surface area contributed by atoms with E-state index < -0.39 is 0 Å². The molecular formula is C20H21N3O. The first-order valence-electron chi connectivity index (χ1n) is 8.17. The van der Waals surface area contributed by atoms with Crippen LogP contribution in [0.2, 0.25) is 0 Å². The number of nitrogens with zero attached hydrogens (tertiary/aromatic N) is 2. The fraction of sp³-hybridized carbons (Fsp3) is 0.250. The molecule has 1 N–H and O–H groups in total. The lowest BCUT2D eigenvalue weighted by molar-refractivity contribution is 0.0932. The Kier molecular flexibility index (Phi) is 4.56. The summed E-state index contributed by atoms with van der Waals surface area (Å²) in [6, 6.07) is 13.5. The number of para-hydroxylation sites is 1. The van der Waals surface area contributed by atoms with Gasteiger partial charge < -0.3 is 5.32 Å². The van der Waals surface area contributed by atoms with Gasteiger partial charge in [-0.3, -0.25) is 9.78 Å². The average Bonchev–Trinajstić information content (AvgIpc) is 2.61. The molecule has 0 saturated heterocycles. The van der Waals surface area contributed by atoms with Crippen LogP contribution < -0.4 is 5.32 Å². The van der Waals surface area contributed by atoms with Gasteiger partial charge >= 0.3 is 0 Å². The summed E-state index contributed by atoms with van der Waals surface area (Å²) in [5, 5.41) is 3.95. The summed E-state index contributed by atoms with van der Waals surface area (Å²) in [4.78, 5) is 21.5. The molecule has 4 nitrogen and oxygen atoms in total. The van der Waals surface area contributed by atoms with Crippen LogP contribution in [0.5, 0.6) is 0 Å². The molecule has 0 radical (unpaired) electrons. The number of fused-ring (bicyclic) bond motifs is 1. The summed E-state index contributed by atoms with van der Waals surface area (Å²) in [6.07, 6.45) is 3.46. The largest absolute Gasteiger partial charge is 0.349 e. The van der Waals surface area contributed by atoms with Crippen LogP contribution in [0.1, 0.15) is 31.1 Å². The zero-order valence-electron chi connectivity index (χ0n) is 14.2. The van der Waals surface area contributed by atoms with E-state index in [0.717, 1.165) is 22.2 Å². The first-order valence-corrected chi connectivity index (χ1v) is 8.17. The Hall–Kier alpha value is -2.75. The molecular weight excluding hydrogens is 298 g/mol. The summed E-state index contributed by atoms with van der Waals surface area (Å²) in [7, 11) is 0. The van der Waals surface area contributed by atoms with Gasteiger partial charge in [0.2, 0.25) is 0 Å². The Morgan fingerprint density at radius 1 is 1.04 bits per heavy atom. The second-order valence-corrected chi connectivity index (χ2v) is 6.31. The number of aromatic nitrogens is 2. The van der Waals surface area contributed by atoms with Gasteiger partial charge in [0.25, 0.3) is 5.91 Å². The van der Waals surface area contributed by atoms with E-state index in [1.165, 1.54) is 0 Å². The highest BCUT2D eigenvalue weighted by atomic mass is 16.1. The van der Waals surface area contributed by atoms with Gasteiger partial charge in [-0.15, -0.1) is 0 Å². The van der Waals surface area contributed by atoms with Gasteiger partial charge in [-0.2, -0.15) is 0 Å². The SMILES string of the molecule is CC(C)C(C)NC(=O)c1cc(-c2ccncc2)nc2ccccc12. The maximum Gasteiger partial charge on any atom is 0.252 e. The van der Waals surface area contributed by atoms with E-state index in [4.69, 9.17) is 4.98 Å². The third kappa shape index (κ3) is 3.27. The van der Waals surface area contributed by atoms with Crippen LogP contribution in [0.25, 0.3) is 22.2 Å². The van der Waals surface area contributed by atoms with E-state index in [-0.39, 0.29) is 11.9 Å². The highest BCUT2D eigenvalue weighted by molar-refractivity contribution is 6.07. The molecule has 0 aliphatic rings. The second kappa shape index (κ2) is 6.79. The summed E-state index contributed by atoms with van der Waals surface area (Å²) in [5.41, 5.74) is 3.19. The summed E-state index contributed by atoms with van der Waals surface area (Å²) < 4.78 is 0. The third-order valence-corrected chi connectivity index (χ3v) is 4.30. The number of carbonyl (C=O) groups is 1. The number of benzene rings is 1. The van der Waals surface area contributed by atoms with Gasteiger partial charge in [0.15, 0.2) is 0 Å². The van der Waals surface area contributed by atoms with Crippen LogP contribution in [0.15, 0.2) is 54.9 Å². The van der Waals surface area contributed by atoms with Gasteiger partial charge in [0.1, 0.15) is 0 Å². The Balaban J connectivity index is 2.10. The molecule has 0 fully saturated rings. The average molecular weight is 319 g/mol. The van der Waals surface area contributed by atoms with Crippen molar-refractivity contribution in [1.29, 1.82) is 0 Å². The molecule has 0 saturated carbocycles. The lowest BCUT2D eigenvalue weighted by Crippen LogP contribution is -2.36. The Bertz CT molecular complexity index is 859. The number of pyridine rings is 2. The molecule has 1 unspecified atom stereocenters. The van der Waals surface area contributed by atoms with Gasteiger partial charge in [0, 0.05) is 29.4 Å². The van der Waals surface area contributed by atoms with Gasteiger partial charge in [0.05, 0.1) is 16.8 Å². The number of rotatable bonds is 4. The molecule has 3 aromatic rings. The predicted molar refractivity (Wildman–Crippen MR) is 96.7 cm³/mol. The Morgan fingerprint density at radius 3 is 2.46 bits per heavy atom. The highest BCUT2D eigenvalue weighted by Crippen LogP contribution is 2.24. The molecule has 1 amide bonds. The minimum atomic E-state index is -0.0647. The molecule has 122 valence electrons. The molecule has 4 heteroatoms. The van der Waals surface area contributed by atoms with Gasteiger partial charge in [-0.05, 0) is 37.1 Å². The third-order valence-electron chi connectivity index (χ3n) is 4.30. The van der Waals surface area contributed by atoms with Crippen LogP contribution in [-0.2, 0) is 0 Å².